The van der Waals surface area contributed by atoms with Crippen LogP contribution in [0.5, 0.6) is 0 Å². The average molecular weight is 669 g/mol. The number of H-pyrrole nitrogens is 2. The maximum absolute atomic E-state index is 12.7. The fraction of sp³-hybridized carbons (Fsp3) is 0.324. The second-order valence-corrected chi connectivity index (χ2v) is 11.5. The molecule has 2 aliphatic heterocycles. The van der Waals surface area contributed by atoms with E-state index in [-0.39, 0.29) is 124 Å². The number of aliphatic carboxylic acids is 3. The standard InChI is InChI=1S/C34H36N4O6.3Na.3H/c1-7-19-15(3)23-12-25-17(5)21(9-10-29(39)40)32(37-25)22(11-30(41)42)33-31(34(43)44)18(6)26(38-33)14-28-20(8-2)16(4)24(36-28)13-27(19)35-23;;;;;;/h7,12-14,17,21,35-36H,1,8-11H2,2-6H3,(H,39,40)(H,41,42)(H,43,44);;;;;;/t17-,21-;;;;;;/m0....../s1. The molecule has 234 valence electrons. The van der Waals surface area contributed by atoms with E-state index < -0.39 is 30.2 Å². The van der Waals surface area contributed by atoms with Gasteiger partial charge in [0.2, 0.25) is 0 Å². The molecule has 0 aliphatic carbocycles. The molecule has 0 spiro atoms. The predicted molar refractivity (Wildman–Crippen MR) is 191 cm³/mol. The fourth-order valence-corrected chi connectivity index (χ4v) is 6.53. The fourth-order valence-electron chi connectivity index (χ4n) is 6.53. The Morgan fingerprint density at radius 2 is 1.51 bits per heavy atom. The number of nitrogens with one attached hydrogen (secondary N) is 2. The van der Waals surface area contributed by atoms with Gasteiger partial charge in [-0.15, -0.1) is 0 Å². The van der Waals surface area contributed by atoms with Crippen molar-refractivity contribution in [3.05, 3.63) is 75.4 Å². The van der Waals surface area contributed by atoms with Crippen molar-refractivity contribution in [1.29, 1.82) is 0 Å². The van der Waals surface area contributed by atoms with Crippen molar-refractivity contribution in [3.8, 4) is 0 Å². The van der Waals surface area contributed by atoms with E-state index in [0.717, 1.165) is 44.3 Å². The number of carboxylic acids is 3. The number of aryl methyl sites for hydroxylation is 3. The van der Waals surface area contributed by atoms with E-state index in [1.54, 1.807) is 13.0 Å². The molecular weight excluding hydrogens is 629 g/mol. The molecule has 0 radical (unpaired) electrons. The van der Waals surface area contributed by atoms with Crippen LogP contribution in [0.25, 0.3) is 39.3 Å². The molecule has 3 aromatic heterocycles. The Hall–Kier alpha value is -1.99. The van der Waals surface area contributed by atoms with Crippen molar-refractivity contribution in [3.63, 3.8) is 0 Å². The molecule has 5 heterocycles. The van der Waals surface area contributed by atoms with Crippen molar-refractivity contribution < 1.29 is 29.7 Å². The summed E-state index contributed by atoms with van der Waals surface area (Å²) in [4.78, 5) is 53.2. The van der Waals surface area contributed by atoms with Gasteiger partial charge in [0, 0.05) is 57.1 Å². The topological polar surface area (TPSA) is 169 Å². The summed E-state index contributed by atoms with van der Waals surface area (Å²) >= 11 is 0. The SMILES string of the molecule is C=Cc1c(C)c2cc3nc(c(CC(=O)O)c4nc(cc5[nH]c(cc1[nH]2)c(C)c5CC)C(C)=C4C(=O)O)[C@@H](CCC(=O)O)[C@@H]3C.[NaH].[NaH].[NaH]. The molecule has 0 aromatic carbocycles. The number of hydrogen-bond acceptors (Lipinski definition) is 5. The summed E-state index contributed by atoms with van der Waals surface area (Å²) in [5.41, 5.74) is 9.23. The zero-order chi connectivity index (χ0) is 32.0. The number of allylic oxidation sites excluding steroid dienone is 1. The Morgan fingerprint density at radius 3 is 2.09 bits per heavy atom. The molecule has 2 aliphatic rings. The zero-order valence-electron chi connectivity index (χ0n) is 25.5. The van der Waals surface area contributed by atoms with Crippen LogP contribution < -0.4 is 0 Å². The average Bonchev–Trinajstić information content (AvgIpc) is 3.63. The molecular formula is C34H39N4Na3O6. The summed E-state index contributed by atoms with van der Waals surface area (Å²) < 4.78 is 0. The van der Waals surface area contributed by atoms with Crippen molar-refractivity contribution in [2.75, 3.05) is 0 Å². The molecule has 47 heavy (non-hydrogen) atoms. The zero-order valence-corrected chi connectivity index (χ0v) is 25.5. The molecule has 13 heteroatoms. The van der Waals surface area contributed by atoms with Crippen molar-refractivity contribution in [2.45, 2.75) is 72.1 Å². The van der Waals surface area contributed by atoms with Crippen LogP contribution in [0.2, 0.25) is 0 Å². The van der Waals surface area contributed by atoms with E-state index in [1.807, 2.05) is 45.9 Å². The molecule has 5 rings (SSSR count). The van der Waals surface area contributed by atoms with Crippen LogP contribution in [0, 0.1) is 13.8 Å². The normalized spacial score (nSPS) is 15.3. The van der Waals surface area contributed by atoms with Crippen LogP contribution in [0.1, 0.15) is 96.0 Å². The van der Waals surface area contributed by atoms with Gasteiger partial charge in [0.15, 0.2) is 0 Å². The molecule has 3 aromatic rings. The van der Waals surface area contributed by atoms with E-state index >= 15 is 0 Å². The Labute approximate surface area is 339 Å². The van der Waals surface area contributed by atoms with Gasteiger partial charge in [-0.05, 0) is 74.1 Å². The van der Waals surface area contributed by atoms with Gasteiger partial charge in [0.1, 0.15) is 0 Å². The van der Waals surface area contributed by atoms with Crippen molar-refractivity contribution >= 4 is 146 Å². The third-order valence-corrected chi connectivity index (χ3v) is 8.94. The molecule has 5 N–H and O–H groups in total. The number of hydrogen-bond donors (Lipinski definition) is 5. The van der Waals surface area contributed by atoms with Crippen LogP contribution in [-0.4, -0.2) is 142 Å². The number of aromatic nitrogens is 4. The minimum atomic E-state index is -1.23. The van der Waals surface area contributed by atoms with E-state index in [0.29, 0.717) is 29.1 Å². The van der Waals surface area contributed by atoms with Crippen molar-refractivity contribution in [1.82, 2.24) is 19.9 Å². The first-order chi connectivity index (χ1) is 20.9. The summed E-state index contributed by atoms with van der Waals surface area (Å²) in [6.07, 6.45) is 2.03. The number of rotatable bonds is 8. The van der Waals surface area contributed by atoms with E-state index in [9.17, 15) is 29.7 Å². The third-order valence-electron chi connectivity index (χ3n) is 8.94. The first-order valence-electron chi connectivity index (χ1n) is 14.6. The molecule has 10 nitrogen and oxygen atoms in total. The van der Waals surface area contributed by atoms with Gasteiger partial charge in [-0.1, -0.05) is 26.5 Å². The second-order valence-electron chi connectivity index (χ2n) is 11.5. The number of carbonyl (C=O) groups is 3. The van der Waals surface area contributed by atoms with Gasteiger partial charge in [0.25, 0.3) is 0 Å². The van der Waals surface area contributed by atoms with E-state index in [1.165, 1.54) is 0 Å². The summed E-state index contributed by atoms with van der Waals surface area (Å²) in [7, 11) is 0. The first kappa shape index (κ1) is 41.2. The molecule has 0 unspecified atom stereocenters. The van der Waals surface area contributed by atoms with Crippen LogP contribution in [-0.2, 0) is 27.2 Å². The van der Waals surface area contributed by atoms with Gasteiger partial charge in [-0.25, -0.2) is 9.78 Å². The van der Waals surface area contributed by atoms with Crippen LogP contribution >= 0.6 is 0 Å². The predicted octanol–water partition coefficient (Wildman–Crippen LogP) is 4.59. The van der Waals surface area contributed by atoms with Gasteiger partial charge < -0.3 is 25.3 Å². The Morgan fingerprint density at radius 1 is 0.872 bits per heavy atom. The van der Waals surface area contributed by atoms with Crippen LogP contribution in [0.3, 0.4) is 0 Å². The maximum atomic E-state index is 12.7. The quantitative estimate of drug-likeness (QED) is 0.217. The Kier molecular flexibility index (Phi) is 14.6. The molecule has 0 saturated heterocycles. The summed E-state index contributed by atoms with van der Waals surface area (Å²) in [6.45, 7) is 13.7. The van der Waals surface area contributed by atoms with Crippen LogP contribution in [0.15, 0.2) is 24.8 Å². The van der Waals surface area contributed by atoms with E-state index in [2.05, 4.69) is 16.5 Å². The Balaban J connectivity index is 0.00000256. The van der Waals surface area contributed by atoms with Crippen molar-refractivity contribution in [2.24, 2.45) is 0 Å². The summed E-state index contributed by atoms with van der Waals surface area (Å²) in [6, 6.07) is 5.75. The van der Waals surface area contributed by atoms with Gasteiger partial charge in [-0.2, -0.15) is 0 Å². The number of fused-ring (bicyclic) bond motifs is 8. The number of nitrogens with zero attached hydrogens (tertiary/aromatic N) is 2. The monoisotopic (exact) mass is 668 g/mol. The molecule has 2 atom stereocenters. The molecule has 8 bridgehead atoms. The Bertz CT molecular complexity index is 1960. The van der Waals surface area contributed by atoms with Gasteiger partial charge in [-0.3, -0.25) is 14.6 Å². The molecule has 0 saturated carbocycles. The van der Waals surface area contributed by atoms with E-state index in [4.69, 9.17) is 9.97 Å². The van der Waals surface area contributed by atoms with Crippen LogP contribution in [0.4, 0.5) is 0 Å². The van der Waals surface area contributed by atoms with Gasteiger partial charge in [0.05, 0.1) is 29.1 Å². The minimum absolute atomic E-state index is 0. The number of carboxylic acid groups (broad SMARTS) is 3. The molecule has 0 fully saturated rings. The first-order valence-corrected chi connectivity index (χ1v) is 14.6. The molecule has 0 amide bonds. The number of aromatic amines is 2. The summed E-state index contributed by atoms with van der Waals surface area (Å²) in [5.74, 6) is -4.13. The second kappa shape index (κ2) is 16.6. The third kappa shape index (κ3) is 7.92. The summed E-state index contributed by atoms with van der Waals surface area (Å²) in [5, 5.41) is 29.9. The van der Waals surface area contributed by atoms with Gasteiger partial charge >= 0.3 is 107 Å².